The highest BCUT2D eigenvalue weighted by Crippen LogP contribution is 2.20. The zero-order valence-corrected chi connectivity index (χ0v) is 12.6. The van der Waals surface area contributed by atoms with Crippen LogP contribution < -0.4 is 5.32 Å². The Labute approximate surface area is 119 Å². The van der Waals surface area contributed by atoms with Gasteiger partial charge < -0.3 is 5.32 Å². The van der Waals surface area contributed by atoms with Gasteiger partial charge in [-0.05, 0) is 45.4 Å². The van der Waals surface area contributed by atoms with Crippen LogP contribution in [0.15, 0.2) is 30.6 Å². The molecule has 0 spiro atoms. The number of nitrogens with zero attached hydrogens (tertiary/aromatic N) is 2. The van der Waals surface area contributed by atoms with Gasteiger partial charge in [0.05, 0.1) is 11.7 Å². The van der Waals surface area contributed by atoms with E-state index in [0.29, 0.717) is 0 Å². The van der Waals surface area contributed by atoms with Gasteiger partial charge in [0.2, 0.25) is 0 Å². The van der Waals surface area contributed by atoms with Crippen LogP contribution in [0, 0.1) is 6.92 Å². The summed E-state index contributed by atoms with van der Waals surface area (Å²) in [6, 6.07) is 6.00. The maximum atomic E-state index is 6.10. The van der Waals surface area contributed by atoms with Crippen molar-refractivity contribution in [3.63, 3.8) is 0 Å². The highest BCUT2D eigenvalue weighted by atomic mass is 35.5. The number of hydrogen-bond donors (Lipinski definition) is 1. The molecule has 0 aliphatic heterocycles. The van der Waals surface area contributed by atoms with E-state index in [1.807, 2.05) is 36.0 Å². The van der Waals surface area contributed by atoms with Gasteiger partial charge in [0, 0.05) is 29.0 Å². The summed E-state index contributed by atoms with van der Waals surface area (Å²) >= 11 is 6.10. The van der Waals surface area contributed by atoms with Crippen molar-refractivity contribution in [1.82, 2.24) is 9.78 Å². The number of nitrogens with one attached hydrogen (secondary N) is 1. The van der Waals surface area contributed by atoms with Crippen LogP contribution in [0.3, 0.4) is 0 Å². The minimum atomic E-state index is 0.0193. The van der Waals surface area contributed by atoms with Gasteiger partial charge in [-0.25, -0.2) is 0 Å². The van der Waals surface area contributed by atoms with Crippen LogP contribution in [0.4, 0.5) is 5.69 Å². The fourth-order valence-electron chi connectivity index (χ4n) is 1.73. The second kappa shape index (κ2) is 5.25. The zero-order chi connectivity index (χ0) is 14.0. The van der Waals surface area contributed by atoms with Crippen molar-refractivity contribution in [2.75, 3.05) is 5.32 Å². The van der Waals surface area contributed by atoms with Gasteiger partial charge in [-0.15, -0.1) is 0 Å². The molecule has 1 heterocycles. The predicted molar refractivity (Wildman–Crippen MR) is 80.7 cm³/mol. The van der Waals surface area contributed by atoms with E-state index in [2.05, 4.69) is 37.4 Å². The van der Waals surface area contributed by atoms with Crippen LogP contribution in [0.5, 0.6) is 0 Å². The van der Waals surface area contributed by atoms with E-state index < -0.39 is 0 Å². The topological polar surface area (TPSA) is 29.9 Å². The second-order valence-electron chi connectivity index (χ2n) is 5.78. The number of halogens is 1. The van der Waals surface area contributed by atoms with Crippen LogP contribution in [0.1, 0.15) is 31.9 Å². The number of rotatable bonds is 3. The smallest absolute Gasteiger partial charge is 0.0543 e. The van der Waals surface area contributed by atoms with Crippen LogP contribution in [-0.4, -0.2) is 9.78 Å². The predicted octanol–water partition coefficient (Wildman–Crippen LogP) is 4.21. The maximum Gasteiger partial charge on any atom is 0.0543 e. The quantitative estimate of drug-likeness (QED) is 0.911. The summed E-state index contributed by atoms with van der Waals surface area (Å²) in [5.41, 5.74) is 3.30. The van der Waals surface area contributed by atoms with Gasteiger partial charge in [0.15, 0.2) is 0 Å². The van der Waals surface area contributed by atoms with Gasteiger partial charge in [-0.1, -0.05) is 17.7 Å². The number of benzene rings is 1. The summed E-state index contributed by atoms with van der Waals surface area (Å²) in [5, 5.41) is 8.53. The Balaban J connectivity index is 2.02. The molecule has 0 radical (unpaired) electrons. The lowest BCUT2D eigenvalue weighted by Gasteiger charge is -2.18. The second-order valence-corrected chi connectivity index (χ2v) is 6.19. The lowest BCUT2D eigenvalue weighted by Crippen LogP contribution is -2.21. The highest BCUT2D eigenvalue weighted by Gasteiger charge is 2.13. The van der Waals surface area contributed by atoms with E-state index in [0.717, 1.165) is 28.4 Å². The molecule has 0 fully saturated rings. The molecular weight excluding hydrogens is 258 g/mol. The number of hydrogen-bond acceptors (Lipinski definition) is 2. The zero-order valence-electron chi connectivity index (χ0n) is 11.9. The van der Waals surface area contributed by atoms with Crippen molar-refractivity contribution < 1.29 is 0 Å². The van der Waals surface area contributed by atoms with Crippen molar-refractivity contribution in [2.24, 2.45) is 0 Å². The summed E-state index contributed by atoms with van der Waals surface area (Å²) in [6.45, 7) is 9.15. The van der Waals surface area contributed by atoms with Crippen LogP contribution in [0.2, 0.25) is 5.02 Å². The van der Waals surface area contributed by atoms with Crippen molar-refractivity contribution in [3.8, 4) is 0 Å². The lowest BCUT2D eigenvalue weighted by atomic mass is 10.1. The van der Waals surface area contributed by atoms with Crippen molar-refractivity contribution >= 4 is 17.3 Å². The normalized spacial score (nSPS) is 11.6. The Hall–Kier alpha value is -1.48. The average molecular weight is 278 g/mol. The molecule has 0 atom stereocenters. The average Bonchev–Trinajstić information content (AvgIpc) is 2.79. The molecule has 102 valence electrons. The summed E-state index contributed by atoms with van der Waals surface area (Å²) in [5.74, 6) is 0. The third kappa shape index (κ3) is 3.51. The summed E-state index contributed by atoms with van der Waals surface area (Å²) in [4.78, 5) is 0. The molecule has 0 aliphatic rings. The molecule has 1 aromatic heterocycles. The molecule has 2 rings (SSSR count). The first-order valence-electron chi connectivity index (χ1n) is 6.40. The van der Waals surface area contributed by atoms with Gasteiger partial charge in [0.25, 0.3) is 0 Å². The third-order valence-corrected chi connectivity index (χ3v) is 3.40. The number of anilines is 1. The molecular formula is C15H20ClN3. The lowest BCUT2D eigenvalue weighted by molar-refractivity contribution is 0.355. The van der Waals surface area contributed by atoms with Gasteiger partial charge >= 0.3 is 0 Å². The largest absolute Gasteiger partial charge is 0.381 e. The third-order valence-electron chi connectivity index (χ3n) is 2.99. The van der Waals surface area contributed by atoms with E-state index in [-0.39, 0.29) is 5.54 Å². The standard InChI is InChI=1S/C15H20ClN3/c1-11-5-6-13(7-14(11)16)17-8-12-9-18-19(10-12)15(2,3)4/h5-7,9-10,17H,8H2,1-4H3. The van der Waals surface area contributed by atoms with E-state index in [9.17, 15) is 0 Å². The van der Waals surface area contributed by atoms with Crippen LogP contribution in [0.25, 0.3) is 0 Å². The van der Waals surface area contributed by atoms with Gasteiger partial charge in [-0.3, -0.25) is 4.68 Å². The molecule has 3 nitrogen and oxygen atoms in total. The molecule has 2 aromatic rings. The maximum absolute atomic E-state index is 6.10. The first-order chi connectivity index (χ1) is 8.86. The van der Waals surface area contributed by atoms with Gasteiger partial charge in [0.1, 0.15) is 0 Å². The Bertz CT molecular complexity index is 567. The Morgan fingerprint density at radius 3 is 2.63 bits per heavy atom. The molecule has 4 heteroatoms. The monoisotopic (exact) mass is 277 g/mol. The first-order valence-corrected chi connectivity index (χ1v) is 6.78. The molecule has 1 aromatic carbocycles. The molecule has 0 saturated carbocycles. The fourth-order valence-corrected chi connectivity index (χ4v) is 1.91. The summed E-state index contributed by atoms with van der Waals surface area (Å²) < 4.78 is 1.98. The van der Waals surface area contributed by atoms with Crippen molar-refractivity contribution in [2.45, 2.75) is 39.8 Å². The highest BCUT2D eigenvalue weighted by molar-refractivity contribution is 6.31. The van der Waals surface area contributed by atoms with Crippen LogP contribution in [-0.2, 0) is 12.1 Å². The van der Waals surface area contributed by atoms with E-state index in [4.69, 9.17) is 11.6 Å². The minimum absolute atomic E-state index is 0.0193. The minimum Gasteiger partial charge on any atom is -0.381 e. The molecule has 0 aliphatic carbocycles. The molecule has 0 saturated heterocycles. The van der Waals surface area contributed by atoms with Crippen molar-refractivity contribution in [1.29, 1.82) is 0 Å². The molecule has 0 unspecified atom stereocenters. The van der Waals surface area contributed by atoms with Crippen LogP contribution >= 0.6 is 11.6 Å². The molecule has 1 N–H and O–H groups in total. The van der Waals surface area contributed by atoms with Gasteiger partial charge in [-0.2, -0.15) is 5.10 Å². The first kappa shape index (κ1) is 13.9. The molecule has 0 bridgehead atoms. The fraction of sp³-hybridized carbons (Fsp3) is 0.400. The van der Waals surface area contributed by atoms with E-state index in [1.54, 1.807) is 0 Å². The van der Waals surface area contributed by atoms with E-state index >= 15 is 0 Å². The Morgan fingerprint density at radius 1 is 1.32 bits per heavy atom. The SMILES string of the molecule is Cc1ccc(NCc2cnn(C(C)(C)C)c2)cc1Cl. The summed E-state index contributed by atoms with van der Waals surface area (Å²) in [6.07, 6.45) is 3.97. The number of aromatic nitrogens is 2. The number of aryl methyl sites for hydroxylation is 1. The molecule has 19 heavy (non-hydrogen) atoms. The Kier molecular flexibility index (Phi) is 3.85. The van der Waals surface area contributed by atoms with E-state index in [1.165, 1.54) is 0 Å². The molecule has 0 amide bonds. The summed E-state index contributed by atoms with van der Waals surface area (Å²) in [7, 11) is 0. The Morgan fingerprint density at radius 2 is 2.05 bits per heavy atom. The van der Waals surface area contributed by atoms with Crippen molar-refractivity contribution in [3.05, 3.63) is 46.7 Å².